The monoisotopic (exact) mass is 250 g/mol. The summed E-state index contributed by atoms with van der Waals surface area (Å²) >= 11 is 0. The van der Waals surface area contributed by atoms with E-state index in [-0.39, 0.29) is 18.6 Å². The molecular weight excluding hydrogens is 232 g/mol. The number of aliphatic carboxylic acids is 1. The summed E-state index contributed by atoms with van der Waals surface area (Å²) in [5, 5.41) is 8.80. The van der Waals surface area contributed by atoms with Crippen LogP contribution in [0.15, 0.2) is 24.3 Å². The van der Waals surface area contributed by atoms with Crippen LogP contribution in [0.2, 0.25) is 0 Å². The zero-order valence-electron chi connectivity index (χ0n) is 10.9. The van der Waals surface area contributed by atoms with Crippen LogP contribution in [0.3, 0.4) is 0 Å². The molecule has 0 fully saturated rings. The first kappa shape index (κ1) is 14.2. The Morgan fingerprint density at radius 3 is 2.39 bits per heavy atom. The van der Waals surface area contributed by atoms with Gasteiger partial charge in [-0.25, -0.2) is 0 Å². The van der Waals surface area contributed by atoms with Crippen molar-refractivity contribution in [2.75, 3.05) is 7.11 Å². The Balaban J connectivity index is 2.85. The van der Waals surface area contributed by atoms with Gasteiger partial charge in [0.05, 0.1) is 19.1 Å². The SMILES string of the molecule is COc1ccccc1C(=O)CC(C)(C)CC(=O)O. The number of ether oxygens (including phenoxy) is 1. The number of para-hydroxylation sites is 1. The number of rotatable bonds is 6. The van der Waals surface area contributed by atoms with Crippen molar-refractivity contribution in [1.29, 1.82) is 0 Å². The van der Waals surface area contributed by atoms with Crippen molar-refractivity contribution in [3.05, 3.63) is 29.8 Å². The van der Waals surface area contributed by atoms with E-state index in [1.165, 1.54) is 7.11 Å². The molecule has 1 N–H and O–H groups in total. The Bertz CT molecular complexity index is 449. The fourth-order valence-electron chi connectivity index (χ4n) is 1.88. The number of carboxylic acid groups (broad SMARTS) is 1. The van der Waals surface area contributed by atoms with Crippen LogP contribution in [-0.4, -0.2) is 24.0 Å². The number of benzene rings is 1. The summed E-state index contributed by atoms with van der Waals surface area (Å²) in [5.74, 6) is -0.472. The predicted molar refractivity (Wildman–Crippen MR) is 68.0 cm³/mol. The van der Waals surface area contributed by atoms with E-state index in [2.05, 4.69) is 0 Å². The Hall–Kier alpha value is -1.84. The zero-order chi connectivity index (χ0) is 13.8. The van der Waals surface area contributed by atoms with Crippen molar-refractivity contribution in [2.45, 2.75) is 26.7 Å². The molecule has 0 amide bonds. The maximum Gasteiger partial charge on any atom is 0.303 e. The van der Waals surface area contributed by atoms with E-state index >= 15 is 0 Å². The minimum absolute atomic E-state index is 0.0338. The summed E-state index contributed by atoms with van der Waals surface area (Å²) in [7, 11) is 1.51. The zero-order valence-corrected chi connectivity index (χ0v) is 10.9. The molecule has 4 nitrogen and oxygen atoms in total. The Morgan fingerprint density at radius 1 is 1.22 bits per heavy atom. The minimum atomic E-state index is -0.896. The van der Waals surface area contributed by atoms with Gasteiger partial charge in [0.15, 0.2) is 5.78 Å². The number of hydrogen-bond donors (Lipinski definition) is 1. The maximum atomic E-state index is 12.1. The van der Waals surface area contributed by atoms with Crippen LogP contribution < -0.4 is 4.74 Å². The van der Waals surface area contributed by atoms with Gasteiger partial charge in [0.25, 0.3) is 0 Å². The highest BCUT2D eigenvalue weighted by molar-refractivity contribution is 5.99. The molecule has 0 aromatic heterocycles. The summed E-state index contributed by atoms with van der Waals surface area (Å²) in [6, 6.07) is 6.97. The molecule has 0 saturated heterocycles. The molecule has 0 radical (unpaired) electrons. The predicted octanol–water partition coefficient (Wildman–Crippen LogP) is 2.77. The third kappa shape index (κ3) is 3.87. The number of hydrogen-bond acceptors (Lipinski definition) is 3. The molecule has 98 valence electrons. The van der Waals surface area contributed by atoms with Gasteiger partial charge in [0.1, 0.15) is 5.75 Å². The highest BCUT2D eigenvalue weighted by Crippen LogP contribution is 2.29. The van der Waals surface area contributed by atoms with Crippen molar-refractivity contribution in [1.82, 2.24) is 0 Å². The molecule has 4 heteroatoms. The van der Waals surface area contributed by atoms with Gasteiger partial charge in [0, 0.05) is 6.42 Å². The van der Waals surface area contributed by atoms with Crippen LogP contribution in [0.1, 0.15) is 37.0 Å². The van der Waals surface area contributed by atoms with Crippen molar-refractivity contribution in [2.24, 2.45) is 5.41 Å². The second-order valence-corrected chi connectivity index (χ2v) is 5.03. The lowest BCUT2D eigenvalue weighted by atomic mass is 9.82. The summed E-state index contributed by atoms with van der Waals surface area (Å²) in [6.45, 7) is 3.54. The third-order valence-corrected chi connectivity index (χ3v) is 2.68. The van der Waals surface area contributed by atoms with Gasteiger partial charge in [-0.05, 0) is 17.5 Å². The first-order valence-electron chi connectivity index (χ1n) is 5.74. The highest BCUT2D eigenvalue weighted by Gasteiger charge is 2.26. The Labute approximate surface area is 107 Å². The molecule has 0 aliphatic carbocycles. The van der Waals surface area contributed by atoms with E-state index in [0.717, 1.165) is 0 Å². The van der Waals surface area contributed by atoms with Gasteiger partial charge in [-0.3, -0.25) is 9.59 Å². The molecular formula is C14H18O4. The van der Waals surface area contributed by atoms with Gasteiger partial charge in [-0.1, -0.05) is 26.0 Å². The number of Topliss-reactive ketones (excluding diaryl/α,β-unsaturated/α-hetero) is 1. The largest absolute Gasteiger partial charge is 0.496 e. The topological polar surface area (TPSA) is 63.6 Å². The molecule has 1 aromatic carbocycles. The van der Waals surface area contributed by atoms with E-state index in [1.807, 2.05) is 0 Å². The number of ketones is 1. The van der Waals surface area contributed by atoms with Crippen LogP contribution in [0.4, 0.5) is 0 Å². The molecule has 0 atom stereocenters. The number of carbonyl (C=O) groups is 2. The van der Waals surface area contributed by atoms with Gasteiger partial charge in [-0.2, -0.15) is 0 Å². The molecule has 18 heavy (non-hydrogen) atoms. The van der Waals surface area contributed by atoms with E-state index in [4.69, 9.17) is 9.84 Å². The average Bonchev–Trinajstić information content (AvgIpc) is 2.26. The Kier molecular flexibility index (Phi) is 4.48. The molecule has 0 aliphatic rings. The van der Waals surface area contributed by atoms with Crippen molar-refractivity contribution in [3.8, 4) is 5.75 Å². The molecule has 0 heterocycles. The normalized spacial score (nSPS) is 11.1. The summed E-state index contributed by atoms with van der Waals surface area (Å²) in [4.78, 5) is 22.9. The first-order chi connectivity index (χ1) is 8.35. The molecule has 1 aromatic rings. The van der Waals surface area contributed by atoms with E-state index in [1.54, 1.807) is 38.1 Å². The smallest absolute Gasteiger partial charge is 0.303 e. The van der Waals surface area contributed by atoms with Crippen LogP contribution in [0, 0.1) is 5.41 Å². The van der Waals surface area contributed by atoms with Gasteiger partial charge in [-0.15, -0.1) is 0 Å². The lowest BCUT2D eigenvalue weighted by Gasteiger charge is -2.21. The molecule has 0 aliphatic heterocycles. The lowest BCUT2D eigenvalue weighted by Crippen LogP contribution is -2.21. The van der Waals surface area contributed by atoms with Crippen LogP contribution >= 0.6 is 0 Å². The molecule has 0 bridgehead atoms. The van der Waals surface area contributed by atoms with Gasteiger partial charge in [0.2, 0.25) is 0 Å². The van der Waals surface area contributed by atoms with Gasteiger partial charge >= 0.3 is 5.97 Å². The van der Waals surface area contributed by atoms with Crippen LogP contribution in [0.25, 0.3) is 0 Å². The quantitative estimate of drug-likeness (QED) is 0.788. The highest BCUT2D eigenvalue weighted by atomic mass is 16.5. The second-order valence-electron chi connectivity index (χ2n) is 5.03. The van der Waals surface area contributed by atoms with Crippen molar-refractivity contribution < 1.29 is 19.4 Å². The average molecular weight is 250 g/mol. The van der Waals surface area contributed by atoms with Crippen LogP contribution in [0.5, 0.6) is 5.75 Å². The molecule has 0 spiro atoms. The fraction of sp³-hybridized carbons (Fsp3) is 0.429. The fourth-order valence-corrected chi connectivity index (χ4v) is 1.88. The van der Waals surface area contributed by atoms with E-state index in [9.17, 15) is 9.59 Å². The third-order valence-electron chi connectivity index (χ3n) is 2.68. The molecule has 1 rings (SSSR count). The number of carbonyl (C=O) groups excluding carboxylic acids is 1. The first-order valence-corrected chi connectivity index (χ1v) is 5.74. The van der Waals surface area contributed by atoms with Crippen molar-refractivity contribution >= 4 is 11.8 Å². The summed E-state index contributed by atoms with van der Waals surface area (Å²) in [6.07, 6.45) is 0.146. The van der Waals surface area contributed by atoms with Crippen molar-refractivity contribution in [3.63, 3.8) is 0 Å². The second kappa shape index (κ2) is 5.67. The lowest BCUT2D eigenvalue weighted by molar-refractivity contribution is -0.139. The Morgan fingerprint density at radius 2 is 1.83 bits per heavy atom. The molecule has 0 unspecified atom stereocenters. The maximum absolute atomic E-state index is 12.1. The molecule has 0 saturated carbocycles. The summed E-state index contributed by atoms with van der Waals surface area (Å²) < 4.78 is 5.12. The van der Waals surface area contributed by atoms with E-state index < -0.39 is 11.4 Å². The minimum Gasteiger partial charge on any atom is -0.496 e. The number of carboxylic acids is 1. The summed E-state index contributed by atoms with van der Waals surface area (Å²) in [5.41, 5.74) is -0.0671. The standard InChI is InChI=1S/C14H18O4/c1-14(2,9-13(16)17)8-11(15)10-6-4-5-7-12(10)18-3/h4-7H,8-9H2,1-3H3,(H,16,17). The number of methoxy groups -OCH3 is 1. The van der Waals surface area contributed by atoms with Crippen LogP contribution in [-0.2, 0) is 4.79 Å². The van der Waals surface area contributed by atoms with E-state index in [0.29, 0.717) is 11.3 Å². The van der Waals surface area contributed by atoms with Gasteiger partial charge < -0.3 is 9.84 Å².